The van der Waals surface area contributed by atoms with Gasteiger partial charge in [0.2, 0.25) is 5.91 Å². The highest BCUT2D eigenvalue weighted by Gasteiger charge is 2.20. The molecular weight excluding hydrogens is 450 g/mol. The molecule has 1 aliphatic rings. The summed E-state index contributed by atoms with van der Waals surface area (Å²) in [5.74, 6) is 0.782. The fourth-order valence-electron chi connectivity index (χ4n) is 3.41. The van der Waals surface area contributed by atoms with Crippen LogP contribution in [0.5, 0.6) is 5.75 Å². The lowest BCUT2D eigenvalue weighted by atomic mass is 10.2. The van der Waals surface area contributed by atoms with Crippen molar-refractivity contribution in [1.82, 2.24) is 14.8 Å². The van der Waals surface area contributed by atoms with E-state index in [4.69, 9.17) is 9.72 Å². The summed E-state index contributed by atoms with van der Waals surface area (Å²) in [5.41, 5.74) is 1.94. The molecule has 0 unspecified atom stereocenters. The highest BCUT2D eigenvalue weighted by Crippen LogP contribution is 2.25. The van der Waals surface area contributed by atoms with Crippen molar-refractivity contribution in [2.45, 2.75) is 6.54 Å². The number of methoxy groups -OCH3 is 1. The molecule has 3 aromatic rings. The number of hydrogen-bond donors (Lipinski definition) is 0. The molecule has 2 aromatic carbocycles. The number of thiazole rings is 1. The van der Waals surface area contributed by atoms with Gasteiger partial charge in [-0.3, -0.25) is 9.69 Å². The van der Waals surface area contributed by atoms with Gasteiger partial charge < -0.3 is 9.64 Å². The van der Waals surface area contributed by atoms with E-state index in [-0.39, 0.29) is 5.91 Å². The van der Waals surface area contributed by atoms with Crippen LogP contribution in [0, 0.1) is 0 Å². The van der Waals surface area contributed by atoms with Gasteiger partial charge in [0, 0.05) is 42.3 Å². The number of rotatable bonds is 5. The zero-order valence-corrected chi connectivity index (χ0v) is 18.6. The summed E-state index contributed by atoms with van der Waals surface area (Å²) >= 11 is 5.21. The second kappa shape index (κ2) is 9.07. The molecule has 1 fully saturated rings. The summed E-state index contributed by atoms with van der Waals surface area (Å²) in [5, 5.41) is 1.13. The second-order valence-electron chi connectivity index (χ2n) is 6.90. The van der Waals surface area contributed by atoms with Gasteiger partial charge in [-0.25, -0.2) is 4.98 Å². The average Bonchev–Trinajstić information content (AvgIpc) is 3.15. The van der Waals surface area contributed by atoms with Gasteiger partial charge in [-0.1, -0.05) is 28.1 Å². The van der Waals surface area contributed by atoms with Gasteiger partial charge >= 0.3 is 0 Å². The molecule has 1 amide bonds. The summed E-state index contributed by atoms with van der Waals surface area (Å²) in [7, 11) is 1.63. The quantitative estimate of drug-likeness (QED) is 0.516. The van der Waals surface area contributed by atoms with E-state index in [9.17, 15) is 4.79 Å². The van der Waals surface area contributed by atoms with Gasteiger partial charge in [0.05, 0.1) is 23.9 Å². The van der Waals surface area contributed by atoms with Crippen LogP contribution in [-0.4, -0.2) is 54.0 Å². The van der Waals surface area contributed by atoms with Crippen molar-refractivity contribution >= 4 is 49.5 Å². The third-order valence-corrected chi connectivity index (χ3v) is 6.49. The van der Waals surface area contributed by atoms with Crippen LogP contribution in [0.15, 0.2) is 53.0 Å². The Labute approximate surface area is 182 Å². The Bertz CT molecular complexity index is 1010. The predicted molar refractivity (Wildman–Crippen MR) is 121 cm³/mol. The van der Waals surface area contributed by atoms with E-state index in [1.807, 2.05) is 41.3 Å². The summed E-state index contributed by atoms with van der Waals surface area (Å²) in [6.07, 6.45) is 3.45. The molecule has 1 aliphatic heterocycles. The first-order chi connectivity index (χ1) is 14.1. The maximum absolute atomic E-state index is 12.6. The van der Waals surface area contributed by atoms with Gasteiger partial charge in [-0.15, -0.1) is 11.3 Å². The molecule has 2 heterocycles. The number of amides is 1. The Kier molecular flexibility index (Phi) is 6.28. The zero-order valence-electron chi connectivity index (χ0n) is 16.2. The number of fused-ring (bicyclic) bond motifs is 1. The number of ether oxygens (including phenoxy) is 1. The summed E-state index contributed by atoms with van der Waals surface area (Å²) < 4.78 is 7.54. The van der Waals surface area contributed by atoms with E-state index < -0.39 is 0 Å². The topological polar surface area (TPSA) is 45.7 Å². The summed E-state index contributed by atoms with van der Waals surface area (Å²) in [4.78, 5) is 21.6. The third-order valence-electron chi connectivity index (χ3n) is 4.98. The van der Waals surface area contributed by atoms with Crippen LogP contribution >= 0.6 is 27.3 Å². The fraction of sp³-hybridized carbons (Fsp3) is 0.273. The molecule has 150 valence electrons. The molecule has 0 atom stereocenters. The molecule has 0 radical (unpaired) electrons. The highest BCUT2D eigenvalue weighted by molar-refractivity contribution is 9.10. The number of benzene rings is 2. The number of carbonyl (C=O) groups is 1. The number of hydrogen-bond acceptors (Lipinski definition) is 5. The van der Waals surface area contributed by atoms with Crippen LogP contribution < -0.4 is 4.74 Å². The van der Waals surface area contributed by atoms with E-state index in [1.165, 1.54) is 4.70 Å². The van der Waals surface area contributed by atoms with E-state index in [0.29, 0.717) is 0 Å². The van der Waals surface area contributed by atoms with Crippen LogP contribution in [-0.2, 0) is 11.3 Å². The minimum absolute atomic E-state index is 0.0339. The Morgan fingerprint density at radius 2 is 2.00 bits per heavy atom. The van der Waals surface area contributed by atoms with Crippen LogP contribution in [0.1, 0.15) is 10.6 Å². The number of carbonyl (C=O) groups excluding carboxylic acids is 1. The standard InChI is InChI=1S/C22H22BrN3O2S/c1-28-19-8-7-17(23)14-16(19)6-9-22(27)26-12-10-25(11-13-26)15-21-24-18-4-2-3-5-20(18)29-21/h2-9,14H,10-13,15H2,1H3/b9-6+. The molecule has 0 spiro atoms. The average molecular weight is 472 g/mol. The van der Waals surface area contributed by atoms with Crippen LogP contribution in [0.2, 0.25) is 0 Å². The van der Waals surface area contributed by atoms with Crippen molar-refractivity contribution in [3.63, 3.8) is 0 Å². The van der Waals surface area contributed by atoms with Gasteiger partial charge in [0.25, 0.3) is 0 Å². The number of nitrogens with zero attached hydrogens (tertiary/aromatic N) is 3. The number of piperazine rings is 1. The van der Waals surface area contributed by atoms with E-state index in [1.54, 1.807) is 24.5 Å². The maximum Gasteiger partial charge on any atom is 0.246 e. The van der Waals surface area contributed by atoms with E-state index >= 15 is 0 Å². The maximum atomic E-state index is 12.6. The Morgan fingerprint density at radius 3 is 2.76 bits per heavy atom. The van der Waals surface area contributed by atoms with Crippen LogP contribution in [0.3, 0.4) is 0 Å². The first-order valence-corrected chi connectivity index (χ1v) is 11.1. The Morgan fingerprint density at radius 1 is 1.21 bits per heavy atom. The molecule has 5 nitrogen and oxygen atoms in total. The first-order valence-electron chi connectivity index (χ1n) is 9.50. The molecule has 7 heteroatoms. The lowest BCUT2D eigenvalue weighted by molar-refractivity contribution is -0.127. The van der Waals surface area contributed by atoms with Crippen molar-refractivity contribution in [3.05, 3.63) is 63.6 Å². The van der Waals surface area contributed by atoms with Crippen molar-refractivity contribution in [2.24, 2.45) is 0 Å². The van der Waals surface area contributed by atoms with Gasteiger partial charge in [0.15, 0.2) is 0 Å². The van der Waals surface area contributed by atoms with Crippen LogP contribution in [0.4, 0.5) is 0 Å². The molecule has 0 N–H and O–H groups in total. The number of aromatic nitrogens is 1. The van der Waals surface area contributed by atoms with E-state index in [2.05, 4.69) is 33.0 Å². The molecule has 1 saturated heterocycles. The number of para-hydroxylation sites is 1. The van der Waals surface area contributed by atoms with Crippen LogP contribution in [0.25, 0.3) is 16.3 Å². The first kappa shape index (κ1) is 20.1. The largest absolute Gasteiger partial charge is 0.496 e. The SMILES string of the molecule is COc1ccc(Br)cc1/C=C/C(=O)N1CCN(Cc2nc3ccccc3s2)CC1. The summed E-state index contributed by atoms with van der Waals surface area (Å²) in [6, 6.07) is 14.0. The predicted octanol–water partition coefficient (Wildman–Crippen LogP) is 4.43. The Balaban J connectivity index is 1.33. The summed E-state index contributed by atoms with van der Waals surface area (Å²) in [6.45, 7) is 4.01. The van der Waals surface area contributed by atoms with Crippen molar-refractivity contribution in [1.29, 1.82) is 0 Å². The minimum atomic E-state index is 0.0339. The lowest BCUT2D eigenvalue weighted by Gasteiger charge is -2.33. The smallest absolute Gasteiger partial charge is 0.246 e. The molecule has 4 rings (SSSR count). The molecule has 1 aromatic heterocycles. The van der Waals surface area contributed by atoms with Crippen molar-refractivity contribution in [2.75, 3.05) is 33.3 Å². The molecule has 0 saturated carbocycles. The zero-order chi connectivity index (χ0) is 20.2. The second-order valence-corrected chi connectivity index (χ2v) is 8.93. The lowest BCUT2D eigenvalue weighted by Crippen LogP contribution is -2.47. The molecule has 0 bridgehead atoms. The highest BCUT2D eigenvalue weighted by atomic mass is 79.9. The normalized spacial score (nSPS) is 15.3. The Hall–Kier alpha value is -2.22. The van der Waals surface area contributed by atoms with Gasteiger partial charge in [-0.05, 0) is 36.4 Å². The molecular formula is C22H22BrN3O2S. The van der Waals surface area contributed by atoms with E-state index in [0.717, 1.165) is 59.0 Å². The number of halogens is 1. The minimum Gasteiger partial charge on any atom is -0.496 e. The fourth-order valence-corrected chi connectivity index (χ4v) is 4.80. The molecule has 29 heavy (non-hydrogen) atoms. The molecule has 0 aliphatic carbocycles. The van der Waals surface area contributed by atoms with Gasteiger partial charge in [0.1, 0.15) is 10.8 Å². The van der Waals surface area contributed by atoms with Crippen molar-refractivity contribution in [3.8, 4) is 5.75 Å². The monoisotopic (exact) mass is 471 g/mol. The van der Waals surface area contributed by atoms with Crippen molar-refractivity contribution < 1.29 is 9.53 Å². The third kappa shape index (κ3) is 4.86. The van der Waals surface area contributed by atoms with Gasteiger partial charge in [-0.2, -0.15) is 0 Å².